The van der Waals surface area contributed by atoms with Gasteiger partial charge in [-0.1, -0.05) is 48.0 Å². The number of imidazole rings is 1. The lowest BCUT2D eigenvalue weighted by molar-refractivity contribution is 0.187. The van der Waals surface area contributed by atoms with Crippen LogP contribution in [0.25, 0.3) is 22.3 Å². The van der Waals surface area contributed by atoms with Gasteiger partial charge in [0.05, 0.1) is 23.3 Å². The molecule has 8 heteroatoms. The quantitative estimate of drug-likeness (QED) is 0.214. The van der Waals surface area contributed by atoms with E-state index in [2.05, 4.69) is 9.55 Å². The van der Waals surface area contributed by atoms with Gasteiger partial charge in [-0.2, -0.15) is 0 Å². The van der Waals surface area contributed by atoms with E-state index in [4.69, 9.17) is 26.1 Å². The van der Waals surface area contributed by atoms with Crippen LogP contribution in [0.5, 0.6) is 5.88 Å². The Morgan fingerprint density at radius 3 is 2.49 bits per heavy atom. The molecule has 0 saturated heterocycles. The summed E-state index contributed by atoms with van der Waals surface area (Å²) in [6.45, 7) is 1.16. The number of rotatable bonds is 9. The number of methoxy groups -OCH3 is 1. The predicted octanol–water partition coefficient (Wildman–Crippen LogP) is 6.85. The molecule has 5 rings (SSSR count). The Morgan fingerprint density at radius 1 is 0.865 bits per heavy atom. The van der Waals surface area contributed by atoms with Crippen molar-refractivity contribution in [3.05, 3.63) is 112 Å². The van der Waals surface area contributed by atoms with Gasteiger partial charge >= 0.3 is 0 Å². The zero-order valence-electron chi connectivity index (χ0n) is 20.1. The smallest absolute Gasteiger partial charge is 0.214 e. The average molecular weight is 520 g/mol. The van der Waals surface area contributed by atoms with Crippen LogP contribution >= 0.6 is 11.6 Å². The van der Waals surface area contributed by atoms with Crippen molar-refractivity contribution in [2.45, 2.75) is 19.6 Å². The Bertz CT molecular complexity index is 1550. The summed E-state index contributed by atoms with van der Waals surface area (Å²) in [5, 5.41) is 0.319. The number of ether oxygens (including phenoxy) is 2. The van der Waals surface area contributed by atoms with Crippen molar-refractivity contribution in [1.82, 2.24) is 14.5 Å². The number of pyridine rings is 1. The van der Waals surface area contributed by atoms with Crippen LogP contribution in [0, 0.1) is 11.6 Å². The fourth-order valence-electron chi connectivity index (χ4n) is 4.16. The zero-order valence-corrected chi connectivity index (χ0v) is 20.9. The van der Waals surface area contributed by atoms with Gasteiger partial charge in [0, 0.05) is 42.3 Å². The third-order valence-corrected chi connectivity index (χ3v) is 6.30. The highest BCUT2D eigenvalue weighted by Gasteiger charge is 2.14. The van der Waals surface area contributed by atoms with E-state index in [0.29, 0.717) is 52.9 Å². The van der Waals surface area contributed by atoms with E-state index in [-0.39, 0.29) is 12.4 Å². The molecule has 0 atom stereocenters. The number of hydrogen-bond donors (Lipinski definition) is 0. The predicted molar refractivity (Wildman–Crippen MR) is 140 cm³/mol. The van der Waals surface area contributed by atoms with Crippen LogP contribution < -0.4 is 4.74 Å². The summed E-state index contributed by atoms with van der Waals surface area (Å²) in [5.74, 6) is 0.285. The molecule has 0 aliphatic rings. The first-order chi connectivity index (χ1) is 18.0. The first-order valence-corrected chi connectivity index (χ1v) is 12.2. The van der Waals surface area contributed by atoms with Crippen LogP contribution in [-0.2, 0) is 24.3 Å². The molecule has 2 heterocycles. The maximum Gasteiger partial charge on any atom is 0.214 e. The lowest BCUT2D eigenvalue weighted by Crippen LogP contribution is -2.09. The Labute approximate surface area is 218 Å². The second kappa shape index (κ2) is 11.1. The van der Waals surface area contributed by atoms with Crippen molar-refractivity contribution < 1.29 is 18.3 Å². The van der Waals surface area contributed by atoms with Crippen LogP contribution in [0.15, 0.2) is 78.9 Å². The molecular formula is C29H24ClF2N3O2. The highest BCUT2D eigenvalue weighted by Crippen LogP contribution is 2.25. The lowest BCUT2D eigenvalue weighted by atomic mass is 10.1. The minimum absolute atomic E-state index is 0.00315. The summed E-state index contributed by atoms with van der Waals surface area (Å²) in [7, 11) is 1.65. The number of aromatic nitrogens is 3. The third kappa shape index (κ3) is 5.63. The van der Waals surface area contributed by atoms with E-state index < -0.39 is 5.82 Å². The molecule has 5 nitrogen and oxygen atoms in total. The minimum Gasteiger partial charge on any atom is -0.473 e. The molecule has 37 heavy (non-hydrogen) atoms. The molecule has 0 saturated carbocycles. The lowest BCUT2D eigenvalue weighted by Gasteiger charge is -2.11. The van der Waals surface area contributed by atoms with Crippen molar-refractivity contribution in [1.29, 1.82) is 0 Å². The van der Waals surface area contributed by atoms with Crippen molar-refractivity contribution in [3.8, 4) is 17.1 Å². The summed E-state index contributed by atoms with van der Waals surface area (Å²) in [6, 6.07) is 22.5. The first-order valence-electron chi connectivity index (χ1n) is 11.8. The number of nitrogens with zero attached hydrogens (tertiary/aromatic N) is 3. The van der Waals surface area contributed by atoms with Crippen LogP contribution in [-0.4, -0.2) is 28.3 Å². The number of para-hydroxylation sites is 2. The van der Waals surface area contributed by atoms with Crippen molar-refractivity contribution >= 4 is 22.6 Å². The van der Waals surface area contributed by atoms with Crippen LogP contribution in [0.4, 0.5) is 8.78 Å². The zero-order chi connectivity index (χ0) is 25.8. The molecule has 5 aromatic rings. The van der Waals surface area contributed by atoms with E-state index in [1.54, 1.807) is 43.5 Å². The summed E-state index contributed by atoms with van der Waals surface area (Å²) < 4.78 is 42.3. The molecule has 188 valence electrons. The molecule has 0 aliphatic carbocycles. The SMILES string of the molecule is COCCn1c(Cc2ccc(-c3cccc(OCc4ccc(Cl)cc4F)n3)cc2F)nc2ccccc21. The van der Waals surface area contributed by atoms with Crippen molar-refractivity contribution in [3.63, 3.8) is 0 Å². The average Bonchev–Trinajstić information content (AvgIpc) is 3.25. The molecule has 0 bridgehead atoms. The van der Waals surface area contributed by atoms with Gasteiger partial charge in [-0.05, 0) is 42.0 Å². The monoisotopic (exact) mass is 519 g/mol. The molecular weight excluding hydrogens is 496 g/mol. The summed E-state index contributed by atoms with van der Waals surface area (Å²) in [6.07, 6.45) is 0.341. The van der Waals surface area contributed by atoms with Gasteiger partial charge in [-0.15, -0.1) is 0 Å². The van der Waals surface area contributed by atoms with Gasteiger partial charge in [0.2, 0.25) is 5.88 Å². The second-order valence-corrected chi connectivity index (χ2v) is 8.97. The maximum atomic E-state index is 15.2. The summed E-state index contributed by atoms with van der Waals surface area (Å²) in [4.78, 5) is 9.20. The summed E-state index contributed by atoms with van der Waals surface area (Å²) in [5.41, 5.74) is 3.91. The largest absolute Gasteiger partial charge is 0.473 e. The van der Waals surface area contributed by atoms with Crippen molar-refractivity contribution in [2.75, 3.05) is 13.7 Å². The van der Waals surface area contributed by atoms with E-state index in [0.717, 1.165) is 16.9 Å². The van der Waals surface area contributed by atoms with Gasteiger partial charge in [0.25, 0.3) is 0 Å². The van der Waals surface area contributed by atoms with Gasteiger partial charge < -0.3 is 14.0 Å². The number of fused-ring (bicyclic) bond motifs is 1. The second-order valence-electron chi connectivity index (χ2n) is 8.53. The molecule has 2 aromatic heterocycles. The van der Waals surface area contributed by atoms with Crippen LogP contribution in [0.1, 0.15) is 17.0 Å². The van der Waals surface area contributed by atoms with E-state index in [1.807, 2.05) is 30.3 Å². The fourth-order valence-corrected chi connectivity index (χ4v) is 4.32. The summed E-state index contributed by atoms with van der Waals surface area (Å²) >= 11 is 5.80. The molecule has 0 fully saturated rings. The van der Waals surface area contributed by atoms with E-state index in [1.165, 1.54) is 12.1 Å². The number of benzene rings is 3. The Balaban J connectivity index is 1.35. The highest BCUT2D eigenvalue weighted by molar-refractivity contribution is 6.30. The topological polar surface area (TPSA) is 49.2 Å². The molecule has 0 radical (unpaired) electrons. The number of hydrogen-bond acceptors (Lipinski definition) is 4. The molecule has 0 N–H and O–H groups in total. The first kappa shape index (κ1) is 24.9. The maximum absolute atomic E-state index is 15.2. The number of halogens is 3. The van der Waals surface area contributed by atoms with Crippen molar-refractivity contribution in [2.24, 2.45) is 0 Å². The highest BCUT2D eigenvalue weighted by atomic mass is 35.5. The Kier molecular flexibility index (Phi) is 7.44. The van der Waals surface area contributed by atoms with Gasteiger partial charge in [-0.25, -0.2) is 18.7 Å². The molecule has 3 aromatic carbocycles. The van der Waals surface area contributed by atoms with Gasteiger partial charge in [0.1, 0.15) is 24.1 Å². The third-order valence-electron chi connectivity index (χ3n) is 6.06. The van der Waals surface area contributed by atoms with E-state index in [9.17, 15) is 4.39 Å². The fraction of sp³-hybridized carbons (Fsp3) is 0.172. The van der Waals surface area contributed by atoms with Crippen LogP contribution in [0.3, 0.4) is 0 Å². The van der Waals surface area contributed by atoms with Gasteiger partial charge in [-0.3, -0.25) is 0 Å². The minimum atomic E-state index is -0.447. The molecule has 0 aliphatic heterocycles. The normalized spacial score (nSPS) is 11.2. The van der Waals surface area contributed by atoms with Crippen LogP contribution in [0.2, 0.25) is 5.02 Å². The molecule has 0 amide bonds. The molecule has 0 unspecified atom stereocenters. The Morgan fingerprint density at radius 2 is 1.68 bits per heavy atom. The molecule has 0 spiro atoms. The standard InChI is InChI=1S/C29H24ClF2N3O2/c1-36-14-13-35-27-7-3-2-5-26(27)33-28(35)16-19-9-10-20(15-23(19)31)25-6-4-8-29(34-25)37-18-21-11-12-22(30)17-24(21)32/h2-12,15,17H,13-14,16,18H2,1H3. The van der Waals surface area contributed by atoms with Gasteiger partial charge in [0.15, 0.2) is 0 Å². The Hall–Kier alpha value is -3.81. The van der Waals surface area contributed by atoms with E-state index >= 15 is 4.39 Å².